The Morgan fingerprint density at radius 1 is 0.667 bits per heavy atom. The SMILES string of the molecule is CCCCCCCCCCCCCCCCC/C=C/C(CCCCCC)COS(=O)(=O)[O-].[Na+]. The number of hydrogen-bond donors (Lipinski definition) is 0. The maximum Gasteiger partial charge on any atom is 1.00 e. The van der Waals surface area contributed by atoms with E-state index in [9.17, 15) is 13.0 Å². The predicted octanol–water partition coefficient (Wildman–Crippen LogP) is 5.87. The van der Waals surface area contributed by atoms with Crippen molar-refractivity contribution in [3.63, 3.8) is 0 Å². The van der Waals surface area contributed by atoms with Gasteiger partial charge in [-0.05, 0) is 19.3 Å². The fraction of sp³-hybridized carbons (Fsp3) is 0.926. The van der Waals surface area contributed by atoms with Crippen molar-refractivity contribution < 1.29 is 46.7 Å². The third kappa shape index (κ3) is 30.6. The van der Waals surface area contributed by atoms with Gasteiger partial charge in [0, 0.05) is 5.92 Å². The first-order valence-electron chi connectivity index (χ1n) is 13.8. The van der Waals surface area contributed by atoms with E-state index in [-0.39, 0.29) is 42.1 Å². The van der Waals surface area contributed by atoms with Gasteiger partial charge < -0.3 is 4.55 Å². The van der Waals surface area contributed by atoms with Crippen molar-refractivity contribution in [2.24, 2.45) is 5.92 Å². The summed E-state index contributed by atoms with van der Waals surface area (Å²) in [5.74, 6) is 0.0203. The van der Waals surface area contributed by atoms with Crippen molar-refractivity contribution in [2.45, 2.75) is 149 Å². The van der Waals surface area contributed by atoms with Gasteiger partial charge in [-0.15, -0.1) is 0 Å². The Bertz CT molecular complexity index is 508. The van der Waals surface area contributed by atoms with Crippen molar-refractivity contribution in [3.8, 4) is 0 Å². The summed E-state index contributed by atoms with van der Waals surface area (Å²) >= 11 is 0. The molecular weight excluding hydrogens is 443 g/mol. The number of allylic oxidation sites excluding steroid dienone is 1. The molecule has 0 amide bonds. The molecule has 6 heteroatoms. The van der Waals surface area contributed by atoms with Gasteiger partial charge >= 0.3 is 29.6 Å². The molecule has 192 valence electrons. The minimum absolute atomic E-state index is 0. The van der Waals surface area contributed by atoms with E-state index in [4.69, 9.17) is 0 Å². The van der Waals surface area contributed by atoms with Crippen LogP contribution in [0.3, 0.4) is 0 Å². The van der Waals surface area contributed by atoms with Crippen LogP contribution in [0.5, 0.6) is 0 Å². The Hall–Kier alpha value is 0.610. The average Bonchev–Trinajstić information content (AvgIpc) is 2.75. The van der Waals surface area contributed by atoms with Gasteiger partial charge in [-0.2, -0.15) is 0 Å². The molecule has 33 heavy (non-hydrogen) atoms. The molecule has 0 aromatic heterocycles. The molecule has 0 aromatic carbocycles. The quantitative estimate of drug-likeness (QED) is 0.0521. The van der Waals surface area contributed by atoms with E-state index in [1.807, 2.05) is 0 Å². The zero-order valence-corrected chi connectivity index (χ0v) is 25.1. The molecule has 0 aliphatic carbocycles. The molecule has 1 unspecified atom stereocenters. The minimum atomic E-state index is -4.60. The van der Waals surface area contributed by atoms with Crippen molar-refractivity contribution in [2.75, 3.05) is 6.61 Å². The first-order valence-corrected chi connectivity index (χ1v) is 15.1. The molecule has 0 spiro atoms. The van der Waals surface area contributed by atoms with Crippen LogP contribution < -0.4 is 29.6 Å². The summed E-state index contributed by atoms with van der Waals surface area (Å²) in [6.07, 6.45) is 31.2. The molecule has 0 N–H and O–H groups in total. The second kappa shape index (κ2) is 27.2. The summed E-state index contributed by atoms with van der Waals surface area (Å²) in [6.45, 7) is 4.42. The van der Waals surface area contributed by atoms with Gasteiger partial charge in [-0.3, -0.25) is 4.18 Å². The van der Waals surface area contributed by atoms with Crippen molar-refractivity contribution in [3.05, 3.63) is 12.2 Å². The van der Waals surface area contributed by atoms with E-state index < -0.39 is 10.4 Å². The van der Waals surface area contributed by atoms with Gasteiger partial charge in [0.1, 0.15) is 0 Å². The standard InChI is InChI=1S/C27H54O4S.Na/c1-3-5-7-9-10-11-12-13-14-15-16-17-18-19-20-21-23-25-27(24-22-8-6-4-2)26-31-32(28,29)30;/h23,25,27H,3-22,24,26H2,1-2H3,(H,28,29,30);/q;+1/p-1/b25-23+;. The smallest absolute Gasteiger partial charge is 0.726 e. The molecule has 0 saturated heterocycles. The first kappa shape index (κ1) is 35.8. The van der Waals surface area contributed by atoms with E-state index in [0.29, 0.717) is 0 Å². The molecular formula is C27H53NaO4S. The summed E-state index contributed by atoms with van der Waals surface area (Å²) in [6, 6.07) is 0. The monoisotopic (exact) mass is 496 g/mol. The van der Waals surface area contributed by atoms with Gasteiger partial charge in [0.15, 0.2) is 0 Å². The normalized spacial score (nSPS) is 12.8. The minimum Gasteiger partial charge on any atom is -0.726 e. The van der Waals surface area contributed by atoms with Crippen LogP contribution in [-0.2, 0) is 14.6 Å². The summed E-state index contributed by atoms with van der Waals surface area (Å²) in [5.41, 5.74) is 0. The maximum atomic E-state index is 10.7. The fourth-order valence-electron chi connectivity index (χ4n) is 4.16. The van der Waals surface area contributed by atoms with E-state index >= 15 is 0 Å². The Labute approximate surface area is 229 Å². The molecule has 0 aliphatic heterocycles. The maximum absolute atomic E-state index is 10.7. The number of rotatable bonds is 25. The molecule has 0 aromatic rings. The van der Waals surface area contributed by atoms with Crippen LogP contribution in [0.1, 0.15) is 149 Å². The van der Waals surface area contributed by atoms with Crippen molar-refractivity contribution in [1.29, 1.82) is 0 Å². The van der Waals surface area contributed by atoms with Crippen LogP contribution in [0.15, 0.2) is 12.2 Å². The molecule has 0 radical (unpaired) electrons. The van der Waals surface area contributed by atoms with Crippen LogP contribution in [0.2, 0.25) is 0 Å². The molecule has 0 rings (SSSR count). The van der Waals surface area contributed by atoms with Crippen LogP contribution in [0.4, 0.5) is 0 Å². The van der Waals surface area contributed by atoms with E-state index in [1.165, 1.54) is 109 Å². The van der Waals surface area contributed by atoms with Crippen molar-refractivity contribution >= 4 is 10.4 Å². The summed E-state index contributed by atoms with van der Waals surface area (Å²) in [5, 5.41) is 0. The zero-order chi connectivity index (χ0) is 23.8. The summed E-state index contributed by atoms with van der Waals surface area (Å²) < 4.78 is 36.7. The van der Waals surface area contributed by atoms with Crippen LogP contribution >= 0.6 is 0 Å². The first-order chi connectivity index (χ1) is 15.5. The molecule has 0 saturated carbocycles. The largest absolute Gasteiger partial charge is 1.00 e. The Kier molecular flexibility index (Phi) is 29.5. The molecule has 0 aliphatic rings. The Morgan fingerprint density at radius 3 is 1.48 bits per heavy atom. The second-order valence-corrected chi connectivity index (χ2v) is 10.5. The Balaban J connectivity index is 0. The summed E-state index contributed by atoms with van der Waals surface area (Å²) in [7, 11) is -4.60. The Morgan fingerprint density at radius 2 is 1.06 bits per heavy atom. The predicted molar refractivity (Wildman–Crippen MR) is 137 cm³/mol. The topological polar surface area (TPSA) is 66.4 Å². The third-order valence-corrected chi connectivity index (χ3v) is 6.66. The molecule has 0 heterocycles. The van der Waals surface area contributed by atoms with Gasteiger partial charge in [0.2, 0.25) is 10.4 Å². The fourth-order valence-corrected chi connectivity index (χ4v) is 4.50. The van der Waals surface area contributed by atoms with Crippen LogP contribution in [0, 0.1) is 5.92 Å². The van der Waals surface area contributed by atoms with Gasteiger partial charge in [-0.1, -0.05) is 142 Å². The molecule has 4 nitrogen and oxygen atoms in total. The average molecular weight is 497 g/mol. The van der Waals surface area contributed by atoms with E-state index in [2.05, 4.69) is 30.2 Å². The van der Waals surface area contributed by atoms with Crippen LogP contribution in [-0.4, -0.2) is 19.6 Å². The number of unbranched alkanes of at least 4 members (excludes halogenated alkanes) is 18. The molecule has 1 atom stereocenters. The summed E-state index contributed by atoms with van der Waals surface area (Å²) in [4.78, 5) is 0. The number of hydrogen-bond acceptors (Lipinski definition) is 4. The van der Waals surface area contributed by atoms with E-state index in [0.717, 1.165) is 25.7 Å². The molecule has 0 bridgehead atoms. The van der Waals surface area contributed by atoms with Crippen molar-refractivity contribution in [1.82, 2.24) is 0 Å². The van der Waals surface area contributed by atoms with Gasteiger partial charge in [-0.25, -0.2) is 8.42 Å². The zero-order valence-electron chi connectivity index (χ0n) is 22.3. The second-order valence-electron chi connectivity index (χ2n) is 9.47. The molecule has 0 fully saturated rings. The van der Waals surface area contributed by atoms with Gasteiger partial charge in [0.05, 0.1) is 6.61 Å². The third-order valence-electron chi connectivity index (χ3n) is 6.24. The van der Waals surface area contributed by atoms with Crippen LogP contribution in [0.25, 0.3) is 0 Å². The van der Waals surface area contributed by atoms with E-state index in [1.54, 1.807) is 0 Å². The van der Waals surface area contributed by atoms with Gasteiger partial charge in [0.25, 0.3) is 0 Å².